The van der Waals surface area contributed by atoms with Gasteiger partial charge in [0.1, 0.15) is 5.75 Å². The van der Waals surface area contributed by atoms with E-state index >= 15 is 0 Å². The largest absolute Gasteiger partial charge is 0.497 e. The average molecular weight is 278 g/mol. The maximum absolute atomic E-state index is 13.7. The molecule has 0 aromatic heterocycles. The molecule has 4 heteroatoms. The van der Waals surface area contributed by atoms with Gasteiger partial charge in [0.05, 0.1) is 12.7 Å². The monoisotopic (exact) mass is 278 g/mol. The fourth-order valence-corrected chi connectivity index (χ4v) is 2.11. The first kappa shape index (κ1) is 14.5. The summed E-state index contributed by atoms with van der Waals surface area (Å²) in [4.78, 5) is 0. The number of aliphatic hydroxyl groups is 1. The van der Waals surface area contributed by atoms with Crippen molar-refractivity contribution < 1.29 is 18.6 Å². The average Bonchev–Trinajstić information content (AvgIpc) is 2.44. The maximum Gasteiger partial charge on any atom is 0.162 e. The van der Waals surface area contributed by atoms with Gasteiger partial charge in [-0.05, 0) is 36.2 Å². The number of hydrogen-bond donors (Lipinski definition) is 1. The lowest BCUT2D eigenvalue weighted by molar-refractivity contribution is 0.0565. The van der Waals surface area contributed by atoms with Crippen molar-refractivity contribution in [1.82, 2.24) is 0 Å². The lowest BCUT2D eigenvalue weighted by atomic mass is 9.89. The number of ether oxygens (including phenoxy) is 1. The van der Waals surface area contributed by atoms with E-state index in [1.54, 1.807) is 38.3 Å². The van der Waals surface area contributed by atoms with Gasteiger partial charge in [-0.1, -0.05) is 24.3 Å². The predicted octanol–water partition coefficient (Wildman–Crippen LogP) is 3.42. The van der Waals surface area contributed by atoms with Gasteiger partial charge < -0.3 is 9.84 Å². The van der Waals surface area contributed by atoms with Crippen LogP contribution in [-0.4, -0.2) is 12.2 Å². The van der Waals surface area contributed by atoms with Crippen LogP contribution in [0.5, 0.6) is 5.75 Å². The second kappa shape index (κ2) is 5.59. The Kier molecular flexibility index (Phi) is 4.04. The van der Waals surface area contributed by atoms with Gasteiger partial charge in [0.2, 0.25) is 0 Å². The minimum atomic E-state index is -1.29. The molecule has 1 N–H and O–H groups in total. The summed E-state index contributed by atoms with van der Waals surface area (Å²) in [5.74, 6) is -1.16. The smallest absolute Gasteiger partial charge is 0.162 e. The normalized spacial score (nSPS) is 13.8. The molecule has 0 heterocycles. The highest BCUT2D eigenvalue weighted by atomic mass is 19.2. The molecule has 0 fully saturated rings. The second-order valence-electron chi connectivity index (χ2n) is 4.89. The zero-order valence-electron chi connectivity index (χ0n) is 11.4. The molecule has 0 spiro atoms. The van der Waals surface area contributed by atoms with E-state index in [1.807, 2.05) is 0 Å². The molecule has 0 saturated heterocycles. The van der Waals surface area contributed by atoms with Gasteiger partial charge >= 0.3 is 0 Å². The fraction of sp³-hybridized carbons (Fsp3) is 0.250. The van der Waals surface area contributed by atoms with Gasteiger partial charge in [0.25, 0.3) is 0 Å². The van der Waals surface area contributed by atoms with E-state index in [2.05, 4.69) is 0 Å². The summed E-state index contributed by atoms with van der Waals surface area (Å²) in [5.41, 5.74) is -0.534. The van der Waals surface area contributed by atoms with Crippen molar-refractivity contribution in [2.75, 3.05) is 7.11 Å². The first-order valence-electron chi connectivity index (χ1n) is 6.24. The Morgan fingerprint density at radius 3 is 2.35 bits per heavy atom. The Balaban J connectivity index is 2.27. The number of halogens is 2. The predicted molar refractivity (Wildman–Crippen MR) is 72.6 cm³/mol. The molecule has 0 saturated carbocycles. The molecule has 2 rings (SSSR count). The van der Waals surface area contributed by atoms with Crippen molar-refractivity contribution in [2.24, 2.45) is 0 Å². The van der Waals surface area contributed by atoms with Crippen LogP contribution in [-0.2, 0) is 12.0 Å². The molecule has 0 aliphatic heterocycles. The lowest BCUT2D eigenvalue weighted by Crippen LogP contribution is -2.25. The van der Waals surface area contributed by atoms with Gasteiger partial charge in [-0.2, -0.15) is 0 Å². The SMILES string of the molecule is COc1ccc(C(C)(O)Cc2cccc(F)c2F)cc1. The van der Waals surface area contributed by atoms with Crippen molar-refractivity contribution in [3.8, 4) is 5.75 Å². The molecule has 20 heavy (non-hydrogen) atoms. The molecule has 0 aliphatic carbocycles. The van der Waals surface area contributed by atoms with E-state index < -0.39 is 17.2 Å². The third kappa shape index (κ3) is 2.96. The van der Waals surface area contributed by atoms with E-state index in [1.165, 1.54) is 12.1 Å². The number of rotatable bonds is 4. The summed E-state index contributed by atoms with van der Waals surface area (Å²) in [7, 11) is 1.55. The third-order valence-electron chi connectivity index (χ3n) is 3.28. The molecule has 0 radical (unpaired) electrons. The molecule has 1 unspecified atom stereocenters. The summed E-state index contributed by atoms with van der Waals surface area (Å²) in [6, 6.07) is 10.8. The first-order chi connectivity index (χ1) is 9.44. The van der Waals surface area contributed by atoms with Gasteiger partial charge in [0, 0.05) is 6.42 Å². The van der Waals surface area contributed by atoms with Crippen LogP contribution in [0, 0.1) is 11.6 Å². The van der Waals surface area contributed by atoms with Crippen molar-refractivity contribution >= 4 is 0 Å². The van der Waals surface area contributed by atoms with Crippen LogP contribution < -0.4 is 4.74 Å². The molecule has 0 bridgehead atoms. The minimum Gasteiger partial charge on any atom is -0.497 e. The summed E-state index contributed by atoms with van der Waals surface area (Å²) in [6.45, 7) is 1.57. The molecule has 2 aromatic carbocycles. The van der Waals surface area contributed by atoms with E-state index in [-0.39, 0.29) is 12.0 Å². The van der Waals surface area contributed by atoms with Gasteiger partial charge in [-0.25, -0.2) is 8.78 Å². The van der Waals surface area contributed by atoms with Crippen LogP contribution in [0.2, 0.25) is 0 Å². The number of hydrogen-bond acceptors (Lipinski definition) is 2. The van der Waals surface area contributed by atoms with Crippen LogP contribution in [0.15, 0.2) is 42.5 Å². The zero-order valence-corrected chi connectivity index (χ0v) is 11.4. The van der Waals surface area contributed by atoms with Crippen molar-refractivity contribution in [3.63, 3.8) is 0 Å². The Bertz CT molecular complexity index is 592. The second-order valence-corrected chi connectivity index (χ2v) is 4.89. The van der Waals surface area contributed by atoms with Crippen molar-refractivity contribution in [1.29, 1.82) is 0 Å². The molecule has 2 aromatic rings. The zero-order chi connectivity index (χ0) is 14.8. The fourth-order valence-electron chi connectivity index (χ4n) is 2.11. The van der Waals surface area contributed by atoms with Crippen LogP contribution >= 0.6 is 0 Å². The molecule has 2 nitrogen and oxygen atoms in total. The highest BCUT2D eigenvalue weighted by Crippen LogP contribution is 2.28. The maximum atomic E-state index is 13.7. The standard InChI is InChI=1S/C16H16F2O2/c1-16(19,12-6-8-13(20-2)9-7-12)10-11-4-3-5-14(17)15(11)18/h3-9,19H,10H2,1-2H3. The van der Waals surface area contributed by atoms with E-state index in [0.29, 0.717) is 11.3 Å². The highest BCUT2D eigenvalue weighted by molar-refractivity contribution is 5.32. The number of methoxy groups -OCH3 is 1. The van der Waals surface area contributed by atoms with Crippen LogP contribution in [0.25, 0.3) is 0 Å². The Morgan fingerprint density at radius 1 is 1.10 bits per heavy atom. The van der Waals surface area contributed by atoms with Gasteiger partial charge in [-0.3, -0.25) is 0 Å². The van der Waals surface area contributed by atoms with Gasteiger partial charge in [0.15, 0.2) is 11.6 Å². The third-order valence-corrected chi connectivity index (χ3v) is 3.28. The molecular formula is C16H16F2O2. The van der Waals surface area contributed by atoms with Crippen LogP contribution in [0.4, 0.5) is 8.78 Å². The summed E-state index contributed by atoms with van der Waals surface area (Å²) >= 11 is 0. The van der Waals surface area contributed by atoms with E-state index in [4.69, 9.17) is 4.74 Å². The molecule has 0 aliphatic rings. The molecular weight excluding hydrogens is 262 g/mol. The Hall–Kier alpha value is -1.94. The summed E-state index contributed by atoms with van der Waals surface area (Å²) in [5, 5.41) is 10.5. The van der Waals surface area contributed by atoms with Crippen molar-refractivity contribution in [2.45, 2.75) is 18.9 Å². The topological polar surface area (TPSA) is 29.5 Å². The summed E-state index contributed by atoms with van der Waals surface area (Å²) < 4.78 is 31.9. The molecule has 106 valence electrons. The number of benzene rings is 2. The van der Waals surface area contributed by atoms with Crippen molar-refractivity contribution in [3.05, 3.63) is 65.2 Å². The van der Waals surface area contributed by atoms with Crippen LogP contribution in [0.3, 0.4) is 0 Å². The van der Waals surface area contributed by atoms with E-state index in [0.717, 1.165) is 6.07 Å². The first-order valence-corrected chi connectivity index (χ1v) is 6.24. The van der Waals surface area contributed by atoms with Crippen LogP contribution in [0.1, 0.15) is 18.1 Å². The molecule has 1 atom stereocenters. The minimum absolute atomic E-state index is 0.0110. The Labute approximate surface area is 116 Å². The summed E-state index contributed by atoms with van der Waals surface area (Å²) in [6.07, 6.45) is -0.0110. The Morgan fingerprint density at radius 2 is 1.75 bits per heavy atom. The van der Waals surface area contributed by atoms with Gasteiger partial charge in [-0.15, -0.1) is 0 Å². The lowest BCUT2D eigenvalue weighted by Gasteiger charge is -2.24. The molecule has 0 amide bonds. The highest BCUT2D eigenvalue weighted by Gasteiger charge is 2.25. The van der Waals surface area contributed by atoms with E-state index in [9.17, 15) is 13.9 Å². The quantitative estimate of drug-likeness (QED) is 0.928.